The molecule has 0 aliphatic rings. The second-order valence-corrected chi connectivity index (χ2v) is 5.14. The molecule has 0 radical (unpaired) electrons. The van der Waals surface area contributed by atoms with Gasteiger partial charge in [0.15, 0.2) is 0 Å². The van der Waals surface area contributed by atoms with Crippen LogP contribution in [0.2, 0.25) is 0 Å². The Bertz CT molecular complexity index is 602. The van der Waals surface area contributed by atoms with Crippen LogP contribution in [0.4, 0.5) is 11.4 Å². The highest BCUT2D eigenvalue weighted by Gasteiger charge is 2.11. The lowest BCUT2D eigenvalue weighted by Gasteiger charge is -2.12. The van der Waals surface area contributed by atoms with Crippen molar-refractivity contribution in [3.63, 3.8) is 0 Å². The van der Waals surface area contributed by atoms with Crippen LogP contribution in [-0.2, 0) is 6.54 Å². The molecule has 1 aromatic heterocycles. The van der Waals surface area contributed by atoms with Crippen molar-refractivity contribution in [2.75, 3.05) is 11.9 Å². The molecule has 0 spiro atoms. The summed E-state index contributed by atoms with van der Waals surface area (Å²) >= 11 is 3.36. The molecule has 0 saturated carbocycles. The quantitative estimate of drug-likeness (QED) is 0.619. The minimum absolute atomic E-state index is 0.0860. The van der Waals surface area contributed by atoms with Crippen molar-refractivity contribution in [2.24, 2.45) is 0 Å². The van der Waals surface area contributed by atoms with Crippen LogP contribution in [0.25, 0.3) is 0 Å². The van der Waals surface area contributed by atoms with Crippen molar-refractivity contribution >= 4 is 27.3 Å². The number of aliphatic hydroxyl groups is 1. The molecule has 1 heterocycles. The Morgan fingerprint density at radius 3 is 3.00 bits per heavy atom. The van der Waals surface area contributed by atoms with E-state index in [1.54, 1.807) is 0 Å². The highest BCUT2D eigenvalue weighted by Crippen LogP contribution is 2.15. The number of halogens is 1. The topological polar surface area (TPSA) is 93.2 Å². The zero-order chi connectivity index (χ0) is 14.5. The van der Waals surface area contributed by atoms with E-state index in [2.05, 4.69) is 26.3 Å². The van der Waals surface area contributed by atoms with Gasteiger partial charge in [0.2, 0.25) is 0 Å². The van der Waals surface area contributed by atoms with E-state index in [0.717, 1.165) is 16.4 Å². The number of benzene rings is 1. The van der Waals surface area contributed by atoms with Crippen LogP contribution in [0, 0.1) is 10.1 Å². The number of anilines is 1. The van der Waals surface area contributed by atoms with Crippen LogP contribution >= 0.6 is 15.9 Å². The lowest BCUT2D eigenvalue weighted by molar-refractivity contribution is -0.385. The van der Waals surface area contributed by atoms with E-state index in [0.29, 0.717) is 6.54 Å². The molecule has 1 aromatic carbocycles. The molecule has 2 N–H and O–H groups in total. The number of nitrogens with zero attached hydrogens (tertiary/aromatic N) is 3. The van der Waals surface area contributed by atoms with Gasteiger partial charge < -0.3 is 10.4 Å². The Morgan fingerprint density at radius 1 is 1.55 bits per heavy atom. The summed E-state index contributed by atoms with van der Waals surface area (Å²) in [6.45, 7) is 0.513. The van der Waals surface area contributed by atoms with Crippen LogP contribution in [0.5, 0.6) is 0 Å². The molecule has 0 saturated heterocycles. The molecule has 0 fully saturated rings. The Kier molecular flexibility index (Phi) is 4.70. The molecule has 2 rings (SSSR count). The van der Waals surface area contributed by atoms with E-state index in [9.17, 15) is 15.2 Å². The first-order valence-electron chi connectivity index (χ1n) is 5.89. The summed E-state index contributed by atoms with van der Waals surface area (Å²) in [5.74, 6) is 0. The van der Waals surface area contributed by atoms with Gasteiger partial charge in [-0.3, -0.25) is 14.8 Å². The Labute approximate surface area is 123 Å². The maximum Gasteiger partial charge on any atom is 0.306 e. The first kappa shape index (κ1) is 14.5. The molecule has 7 nitrogen and oxygen atoms in total. The van der Waals surface area contributed by atoms with Crippen LogP contribution < -0.4 is 5.32 Å². The van der Waals surface area contributed by atoms with E-state index in [-0.39, 0.29) is 12.2 Å². The van der Waals surface area contributed by atoms with E-state index in [1.807, 2.05) is 24.3 Å². The second-order valence-electron chi connectivity index (χ2n) is 4.22. The average Bonchev–Trinajstić information content (AvgIpc) is 2.85. The Hall–Kier alpha value is -1.93. The normalized spacial score (nSPS) is 12.1. The summed E-state index contributed by atoms with van der Waals surface area (Å²) in [6.07, 6.45) is 1.75. The monoisotopic (exact) mass is 340 g/mol. The van der Waals surface area contributed by atoms with Crippen LogP contribution in [0.15, 0.2) is 41.1 Å². The maximum absolute atomic E-state index is 10.5. The van der Waals surface area contributed by atoms with Gasteiger partial charge in [0.1, 0.15) is 12.4 Å². The summed E-state index contributed by atoms with van der Waals surface area (Å²) < 4.78 is 2.30. The van der Waals surface area contributed by atoms with Gasteiger partial charge in [-0.05, 0) is 18.2 Å². The van der Waals surface area contributed by atoms with Gasteiger partial charge in [-0.1, -0.05) is 22.0 Å². The highest BCUT2D eigenvalue weighted by molar-refractivity contribution is 9.10. The molecule has 8 heteroatoms. The minimum Gasteiger partial charge on any atom is -0.389 e. The molecule has 2 aromatic rings. The zero-order valence-corrected chi connectivity index (χ0v) is 12.0. The van der Waals surface area contributed by atoms with Crippen molar-refractivity contribution in [1.82, 2.24) is 9.78 Å². The van der Waals surface area contributed by atoms with Gasteiger partial charge in [0.25, 0.3) is 0 Å². The molecular formula is C12H13BrN4O3. The van der Waals surface area contributed by atoms with Crippen molar-refractivity contribution in [3.05, 3.63) is 51.2 Å². The van der Waals surface area contributed by atoms with Crippen molar-refractivity contribution in [3.8, 4) is 0 Å². The average molecular weight is 341 g/mol. The fourth-order valence-electron chi connectivity index (χ4n) is 1.66. The van der Waals surface area contributed by atoms with Gasteiger partial charge in [-0.2, -0.15) is 5.10 Å². The van der Waals surface area contributed by atoms with E-state index in [4.69, 9.17) is 0 Å². The number of rotatable bonds is 6. The molecule has 20 heavy (non-hydrogen) atoms. The molecule has 0 bridgehead atoms. The fraction of sp³-hybridized carbons (Fsp3) is 0.250. The van der Waals surface area contributed by atoms with E-state index in [1.165, 1.54) is 10.9 Å². The second kappa shape index (κ2) is 6.49. The van der Waals surface area contributed by atoms with Gasteiger partial charge in [0, 0.05) is 16.7 Å². The number of hydrogen-bond acceptors (Lipinski definition) is 5. The lowest BCUT2D eigenvalue weighted by atomic mass is 10.3. The third kappa shape index (κ3) is 4.04. The molecule has 106 valence electrons. The third-order valence-electron chi connectivity index (χ3n) is 2.59. The number of aromatic nitrogens is 2. The molecule has 0 aliphatic carbocycles. The summed E-state index contributed by atoms with van der Waals surface area (Å²) in [5.41, 5.74) is 0.794. The summed E-state index contributed by atoms with van der Waals surface area (Å²) in [4.78, 5) is 10.00. The lowest BCUT2D eigenvalue weighted by Crippen LogP contribution is -2.25. The predicted octanol–water partition coefficient (Wildman–Crippen LogP) is 2.03. The number of nitrogens with one attached hydrogen (secondary N) is 1. The Morgan fingerprint density at radius 2 is 2.35 bits per heavy atom. The number of nitro groups is 1. The fourth-order valence-corrected chi connectivity index (χ4v) is 2.06. The van der Waals surface area contributed by atoms with Gasteiger partial charge >= 0.3 is 5.69 Å². The van der Waals surface area contributed by atoms with Crippen molar-refractivity contribution in [1.29, 1.82) is 0 Å². The van der Waals surface area contributed by atoms with E-state index < -0.39 is 11.0 Å². The molecule has 0 amide bonds. The third-order valence-corrected chi connectivity index (χ3v) is 3.09. The highest BCUT2D eigenvalue weighted by atomic mass is 79.9. The van der Waals surface area contributed by atoms with Gasteiger partial charge in [-0.25, -0.2) is 0 Å². The van der Waals surface area contributed by atoms with E-state index >= 15 is 0 Å². The largest absolute Gasteiger partial charge is 0.389 e. The molecule has 1 atom stereocenters. The number of aliphatic hydroxyl groups excluding tert-OH is 1. The molecular weight excluding hydrogens is 328 g/mol. The van der Waals surface area contributed by atoms with Gasteiger partial charge in [0.05, 0.1) is 17.6 Å². The van der Waals surface area contributed by atoms with Gasteiger partial charge in [-0.15, -0.1) is 0 Å². The standard InChI is InChI=1S/C12H13BrN4O3/c13-9-2-1-3-10(4-9)14-6-12(18)8-16-7-11(5-15-16)17(19)20/h1-5,7,12,14,18H,6,8H2. The summed E-state index contributed by atoms with van der Waals surface area (Å²) in [6, 6.07) is 7.57. The predicted molar refractivity (Wildman–Crippen MR) is 77.5 cm³/mol. The zero-order valence-electron chi connectivity index (χ0n) is 10.4. The van der Waals surface area contributed by atoms with Crippen LogP contribution in [0.3, 0.4) is 0 Å². The van der Waals surface area contributed by atoms with Crippen molar-refractivity contribution < 1.29 is 10.0 Å². The minimum atomic E-state index is -0.700. The summed E-state index contributed by atoms with van der Waals surface area (Å²) in [7, 11) is 0. The van der Waals surface area contributed by atoms with Crippen LogP contribution in [0.1, 0.15) is 0 Å². The van der Waals surface area contributed by atoms with Crippen molar-refractivity contribution in [2.45, 2.75) is 12.6 Å². The first-order chi connectivity index (χ1) is 9.54. The maximum atomic E-state index is 10.5. The smallest absolute Gasteiger partial charge is 0.306 e. The SMILES string of the molecule is O=[N+]([O-])c1cnn(CC(O)CNc2cccc(Br)c2)c1. The summed E-state index contributed by atoms with van der Waals surface area (Å²) in [5, 5.41) is 27.3. The molecule has 1 unspecified atom stereocenters. The first-order valence-corrected chi connectivity index (χ1v) is 6.68. The van der Waals surface area contributed by atoms with Crippen LogP contribution in [-0.4, -0.2) is 32.5 Å². The molecule has 0 aliphatic heterocycles. The number of hydrogen-bond donors (Lipinski definition) is 2. The Balaban J connectivity index is 1.85.